The van der Waals surface area contributed by atoms with Gasteiger partial charge in [0.25, 0.3) is 0 Å². The fourth-order valence-electron chi connectivity index (χ4n) is 1.83. The second kappa shape index (κ2) is 6.84. The molecule has 0 aliphatic rings. The molecule has 0 radical (unpaired) electrons. The van der Waals surface area contributed by atoms with E-state index in [9.17, 15) is 9.18 Å². The van der Waals surface area contributed by atoms with Crippen LogP contribution >= 0.6 is 0 Å². The van der Waals surface area contributed by atoms with Gasteiger partial charge in [-0.05, 0) is 51.8 Å². The fourth-order valence-corrected chi connectivity index (χ4v) is 1.83. The number of amides is 1. The predicted molar refractivity (Wildman–Crippen MR) is 79.9 cm³/mol. The van der Waals surface area contributed by atoms with Crippen molar-refractivity contribution in [3.05, 3.63) is 35.6 Å². The van der Waals surface area contributed by atoms with E-state index in [0.29, 0.717) is 0 Å². The lowest BCUT2D eigenvalue weighted by molar-refractivity contribution is -0.124. The first-order valence-corrected chi connectivity index (χ1v) is 7.08. The van der Waals surface area contributed by atoms with E-state index in [0.717, 1.165) is 12.0 Å². The highest BCUT2D eigenvalue weighted by atomic mass is 19.1. The van der Waals surface area contributed by atoms with Crippen molar-refractivity contribution < 1.29 is 9.18 Å². The van der Waals surface area contributed by atoms with Crippen LogP contribution in [0.3, 0.4) is 0 Å². The summed E-state index contributed by atoms with van der Waals surface area (Å²) in [5.74, 6) is -0.276. The molecule has 0 aliphatic carbocycles. The third kappa shape index (κ3) is 4.93. The van der Waals surface area contributed by atoms with E-state index in [-0.39, 0.29) is 29.3 Å². The molecule has 20 heavy (non-hydrogen) atoms. The molecule has 0 bridgehead atoms. The fraction of sp³-hybridized carbons (Fsp3) is 0.562. The highest BCUT2D eigenvalue weighted by molar-refractivity contribution is 5.82. The Hall–Kier alpha value is -1.42. The van der Waals surface area contributed by atoms with Crippen molar-refractivity contribution in [3.8, 4) is 0 Å². The number of carbonyl (C=O) groups excluding carboxylic acids is 1. The van der Waals surface area contributed by atoms with Crippen molar-refractivity contribution in [2.45, 2.75) is 58.7 Å². The average Bonchev–Trinajstić information content (AvgIpc) is 2.38. The van der Waals surface area contributed by atoms with Crippen molar-refractivity contribution in [1.82, 2.24) is 10.6 Å². The van der Waals surface area contributed by atoms with Crippen LogP contribution in [0.2, 0.25) is 0 Å². The van der Waals surface area contributed by atoms with E-state index in [2.05, 4.69) is 10.6 Å². The van der Waals surface area contributed by atoms with Gasteiger partial charge in [-0.3, -0.25) is 10.1 Å². The predicted octanol–water partition coefficient (Wildman–Crippen LogP) is 3.17. The van der Waals surface area contributed by atoms with Gasteiger partial charge in [-0.2, -0.15) is 0 Å². The summed E-state index contributed by atoms with van der Waals surface area (Å²) in [6.45, 7) is 9.84. The number of hydrogen-bond acceptors (Lipinski definition) is 2. The van der Waals surface area contributed by atoms with Gasteiger partial charge in [0, 0.05) is 11.6 Å². The van der Waals surface area contributed by atoms with Crippen LogP contribution in [-0.2, 0) is 4.79 Å². The first-order valence-electron chi connectivity index (χ1n) is 7.08. The van der Waals surface area contributed by atoms with Gasteiger partial charge in [0.1, 0.15) is 5.82 Å². The summed E-state index contributed by atoms with van der Waals surface area (Å²) in [7, 11) is 0. The van der Waals surface area contributed by atoms with Crippen molar-refractivity contribution in [2.75, 3.05) is 0 Å². The molecule has 1 rings (SSSR count). The first-order chi connectivity index (χ1) is 9.25. The highest BCUT2D eigenvalue weighted by Crippen LogP contribution is 2.14. The summed E-state index contributed by atoms with van der Waals surface area (Å²) in [5.41, 5.74) is 0.757. The summed E-state index contributed by atoms with van der Waals surface area (Å²) in [4.78, 5) is 12.1. The van der Waals surface area contributed by atoms with Crippen LogP contribution in [0.1, 0.15) is 52.6 Å². The molecular weight excluding hydrogens is 255 g/mol. The molecule has 1 amide bonds. The Bertz CT molecular complexity index is 442. The van der Waals surface area contributed by atoms with Crippen LogP contribution in [0.5, 0.6) is 0 Å². The van der Waals surface area contributed by atoms with Gasteiger partial charge in [0.15, 0.2) is 0 Å². The zero-order valence-electron chi connectivity index (χ0n) is 13.0. The van der Waals surface area contributed by atoms with Gasteiger partial charge in [0.2, 0.25) is 5.91 Å². The summed E-state index contributed by atoms with van der Waals surface area (Å²) < 4.78 is 12.9. The van der Waals surface area contributed by atoms with E-state index in [1.165, 1.54) is 12.1 Å². The molecule has 112 valence electrons. The molecule has 0 saturated heterocycles. The third-order valence-corrected chi connectivity index (χ3v) is 3.61. The zero-order chi connectivity index (χ0) is 15.3. The molecule has 0 spiro atoms. The Morgan fingerprint density at radius 3 is 2.30 bits per heavy atom. The molecule has 0 fully saturated rings. The highest BCUT2D eigenvalue weighted by Gasteiger charge is 2.22. The van der Waals surface area contributed by atoms with Gasteiger partial charge in [-0.15, -0.1) is 0 Å². The largest absolute Gasteiger partial charge is 0.350 e. The molecule has 4 heteroatoms. The van der Waals surface area contributed by atoms with Crippen LogP contribution in [0.4, 0.5) is 4.39 Å². The molecule has 2 atom stereocenters. The quantitative estimate of drug-likeness (QED) is 0.840. The van der Waals surface area contributed by atoms with Crippen molar-refractivity contribution in [1.29, 1.82) is 0 Å². The molecule has 0 saturated carbocycles. The van der Waals surface area contributed by atoms with Crippen molar-refractivity contribution in [2.24, 2.45) is 0 Å². The second-order valence-electron chi connectivity index (χ2n) is 5.89. The number of carbonyl (C=O) groups is 1. The maximum atomic E-state index is 12.9. The molecule has 0 aromatic heterocycles. The number of rotatable bonds is 6. The molecule has 3 nitrogen and oxygen atoms in total. The zero-order valence-corrected chi connectivity index (χ0v) is 13.0. The lowest BCUT2D eigenvalue weighted by Crippen LogP contribution is -2.51. The van der Waals surface area contributed by atoms with E-state index in [1.807, 2.05) is 34.6 Å². The minimum absolute atomic E-state index is 0.0129. The smallest absolute Gasteiger partial charge is 0.237 e. The van der Waals surface area contributed by atoms with E-state index in [1.54, 1.807) is 12.1 Å². The Kier molecular flexibility index (Phi) is 5.69. The summed E-state index contributed by atoms with van der Waals surface area (Å²) >= 11 is 0. The minimum Gasteiger partial charge on any atom is -0.350 e. The Morgan fingerprint density at radius 2 is 1.80 bits per heavy atom. The van der Waals surface area contributed by atoms with Crippen molar-refractivity contribution >= 4 is 5.91 Å². The van der Waals surface area contributed by atoms with Crippen molar-refractivity contribution in [3.63, 3.8) is 0 Å². The maximum absolute atomic E-state index is 12.9. The van der Waals surface area contributed by atoms with Gasteiger partial charge >= 0.3 is 0 Å². The SMILES string of the molecule is CCC(C)(C)NC(=O)C(C)N[C@H](C)c1ccc(F)cc1. The van der Waals surface area contributed by atoms with Gasteiger partial charge < -0.3 is 5.32 Å². The third-order valence-electron chi connectivity index (χ3n) is 3.61. The maximum Gasteiger partial charge on any atom is 0.237 e. The lowest BCUT2D eigenvalue weighted by atomic mass is 10.0. The summed E-state index contributed by atoms with van der Waals surface area (Å²) in [5, 5.41) is 6.24. The molecule has 1 aromatic rings. The standard InChI is InChI=1S/C16H25FN2O/c1-6-16(4,5)19-15(20)12(3)18-11(2)13-7-9-14(17)10-8-13/h7-12,18H,6H2,1-5H3,(H,19,20)/t11-,12?/m1/s1. The average molecular weight is 280 g/mol. The van der Waals surface area contributed by atoms with Crippen LogP contribution in [-0.4, -0.2) is 17.5 Å². The second-order valence-corrected chi connectivity index (χ2v) is 5.89. The number of halogens is 1. The number of hydrogen-bond donors (Lipinski definition) is 2. The monoisotopic (exact) mass is 280 g/mol. The molecule has 0 heterocycles. The topological polar surface area (TPSA) is 41.1 Å². The van der Waals surface area contributed by atoms with Gasteiger partial charge in [-0.25, -0.2) is 4.39 Å². The van der Waals surface area contributed by atoms with E-state index in [4.69, 9.17) is 0 Å². The van der Waals surface area contributed by atoms with Gasteiger partial charge in [0.05, 0.1) is 6.04 Å². The van der Waals surface area contributed by atoms with E-state index >= 15 is 0 Å². The van der Waals surface area contributed by atoms with Crippen LogP contribution < -0.4 is 10.6 Å². The van der Waals surface area contributed by atoms with Crippen LogP contribution in [0.25, 0.3) is 0 Å². The number of nitrogens with one attached hydrogen (secondary N) is 2. The normalized spacial score (nSPS) is 14.7. The van der Waals surface area contributed by atoms with Crippen LogP contribution in [0.15, 0.2) is 24.3 Å². The molecule has 2 N–H and O–H groups in total. The Morgan fingerprint density at radius 1 is 1.25 bits per heavy atom. The Labute approximate surface area is 121 Å². The molecular formula is C16H25FN2O. The minimum atomic E-state index is -0.305. The Balaban J connectivity index is 2.59. The van der Waals surface area contributed by atoms with Crippen LogP contribution in [0, 0.1) is 5.82 Å². The van der Waals surface area contributed by atoms with Gasteiger partial charge in [-0.1, -0.05) is 19.1 Å². The lowest BCUT2D eigenvalue weighted by Gasteiger charge is -2.28. The summed E-state index contributed by atoms with van der Waals surface area (Å²) in [6.07, 6.45) is 0.874. The van der Waals surface area contributed by atoms with E-state index < -0.39 is 0 Å². The summed E-state index contributed by atoms with van der Waals surface area (Å²) in [6, 6.07) is 6.00. The first kappa shape index (κ1) is 16.6. The molecule has 1 unspecified atom stereocenters. The number of benzene rings is 1. The molecule has 1 aromatic carbocycles. The molecule has 0 aliphatic heterocycles.